The molecule has 190 valence electrons. The Morgan fingerprint density at radius 2 is 1.81 bits per heavy atom. The highest BCUT2D eigenvalue weighted by molar-refractivity contribution is 5.94. The van der Waals surface area contributed by atoms with Crippen LogP contribution in [0.4, 0.5) is 10.3 Å². The van der Waals surface area contributed by atoms with Crippen molar-refractivity contribution in [1.82, 2.24) is 38.5 Å². The van der Waals surface area contributed by atoms with E-state index in [4.69, 9.17) is 10.2 Å². The Hall–Kier alpha value is -4.52. The number of carbonyl (C=O) groups is 1. The molecule has 5 heterocycles. The Balaban J connectivity index is 1.20. The number of furan rings is 1. The van der Waals surface area contributed by atoms with Crippen molar-refractivity contribution >= 4 is 28.7 Å². The molecule has 5 aromatic rings. The molecular formula is C24H24FN9O3. The molecule has 37 heavy (non-hydrogen) atoms. The van der Waals surface area contributed by atoms with E-state index in [9.17, 15) is 14.0 Å². The van der Waals surface area contributed by atoms with Gasteiger partial charge in [-0.1, -0.05) is 0 Å². The summed E-state index contributed by atoms with van der Waals surface area (Å²) < 4.78 is 23.1. The lowest BCUT2D eigenvalue weighted by Crippen LogP contribution is -2.49. The van der Waals surface area contributed by atoms with Crippen molar-refractivity contribution in [3.05, 3.63) is 64.5 Å². The van der Waals surface area contributed by atoms with Crippen LogP contribution in [-0.4, -0.2) is 77.1 Å². The maximum atomic E-state index is 13.2. The highest BCUT2D eigenvalue weighted by atomic mass is 19.1. The van der Waals surface area contributed by atoms with Crippen LogP contribution < -0.4 is 11.4 Å². The SMILES string of the molecule is Cn1c(=O)n(CCN2CCN(C(=O)c3ccc(F)cc3)CC2)c2nc(N)n3nc(-c4ccco4)nc3c21. The highest BCUT2D eigenvalue weighted by Gasteiger charge is 2.24. The van der Waals surface area contributed by atoms with Crippen LogP contribution in [-0.2, 0) is 13.6 Å². The zero-order valence-electron chi connectivity index (χ0n) is 20.0. The largest absolute Gasteiger partial charge is 0.461 e. The molecule has 1 saturated heterocycles. The van der Waals surface area contributed by atoms with Crippen LogP contribution >= 0.6 is 0 Å². The van der Waals surface area contributed by atoms with Crippen LogP contribution in [0.2, 0.25) is 0 Å². The molecule has 2 N–H and O–H groups in total. The Bertz CT molecular complexity index is 1660. The van der Waals surface area contributed by atoms with Crippen LogP contribution in [0, 0.1) is 5.82 Å². The number of fused-ring (bicyclic) bond motifs is 3. The van der Waals surface area contributed by atoms with E-state index >= 15 is 0 Å². The van der Waals surface area contributed by atoms with E-state index in [2.05, 4.69) is 20.0 Å². The number of halogens is 1. The quantitative estimate of drug-likeness (QED) is 0.377. The minimum Gasteiger partial charge on any atom is -0.461 e. The van der Waals surface area contributed by atoms with E-state index in [1.165, 1.54) is 39.6 Å². The van der Waals surface area contributed by atoms with Gasteiger partial charge < -0.3 is 15.1 Å². The molecule has 0 aliphatic carbocycles. The topological polar surface area (TPSA) is 133 Å². The van der Waals surface area contributed by atoms with Gasteiger partial charge in [-0.25, -0.2) is 14.2 Å². The zero-order valence-corrected chi connectivity index (χ0v) is 20.0. The van der Waals surface area contributed by atoms with Crippen molar-refractivity contribution in [1.29, 1.82) is 0 Å². The summed E-state index contributed by atoms with van der Waals surface area (Å²) in [5.41, 5.74) is 7.79. The van der Waals surface area contributed by atoms with Crippen LogP contribution in [0.15, 0.2) is 51.9 Å². The molecule has 0 radical (unpaired) electrons. The first kappa shape index (κ1) is 22.9. The molecule has 0 unspecified atom stereocenters. The Morgan fingerprint density at radius 3 is 2.51 bits per heavy atom. The first-order valence-electron chi connectivity index (χ1n) is 11.8. The van der Waals surface area contributed by atoms with Gasteiger partial charge in [0.1, 0.15) is 11.3 Å². The number of aromatic nitrogens is 6. The minimum absolute atomic E-state index is 0.111. The van der Waals surface area contributed by atoms with E-state index < -0.39 is 0 Å². The second kappa shape index (κ2) is 8.85. The van der Waals surface area contributed by atoms with E-state index in [0.29, 0.717) is 73.2 Å². The van der Waals surface area contributed by atoms with E-state index in [1.54, 1.807) is 28.6 Å². The standard InChI is InChI=1S/C24H24FN9O3/c1-30-18-20(28-23(26)34-21(18)27-19(29-34)17-3-2-14-37-17)33(24(30)36)13-10-31-8-11-32(12-9-31)22(35)15-4-6-16(25)7-5-15/h2-7,14H,8-13H2,1H3,(H2,26,28). The summed E-state index contributed by atoms with van der Waals surface area (Å²) >= 11 is 0. The molecule has 0 bridgehead atoms. The number of amides is 1. The molecule has 1 aliphatic rings. The number of nitrogen functional groups attached to an aromatic ring is 1. The molecule has 0 saturated carbocycles. The predicted molar refractivity (Wildman–Crippen MR) is 132 cm³/mol. The fourth-order valence-corrected chi connectivity index (χ4v) is 4.69. The summed E-state index contributed by atoms with van der Waals surface area (Å²) in [7, 11) is 1.67. The normalized spacial score (nSPS) is 14.7. The van der Waals surface area contributed by atoms with Gasteiger partial charge >= 0.3 is 5.69 Å². The number of nitrogens with zero attached hydrogens (tertiary/aromatic N) is 8. The number of benzene rings is 1. The van der Waals surface area contributed by atoms with Crippen molar-refractivity contribution in [3.63, 3.8) is 0 Å². The van der Waals surface area contributed by atoms with Crippen LogP contribution in [0.3, 0.4) is 0 Å². The third kappa shape index (κ3) is 3.93. The zero-order chi connectivity index (χ0) is 25.7. The highest BCUT2D eigenvalue weighted by Crippen LogP contribution is 2.23. The number of piperazine rings is 1. The number of hydrogen-bond donors (Lipinski definition) is 1. The van der Waals surface area contributed by atoms with Gasteiger partial charge in [-0.05, 0) is 36.4 Å². The van der Waals surface area contributed by atoms with Crippen molar-refractivity contribution in [2.24, 2.45) is 7.05 Å². The number of carbonyl (C=O) groups excluding carboxylic acids is 1. The van der Waals surface area contributed by atoms with Crippen LogP contribution in [0.1, 0.15) is 10.4 Å². The molecular weight excluding hydrogens is 481 g/mol. The van der Waals surface area contributed by atoms with E-state index in [1.807, 2.05) is 0 Å². The number of imidazole rings is 1. The number of aryl methyl sites for hydroxylation is 1. The summed E-state index contributed by atoms with van der Waals surface area (Å²) in [5, 5.41) is 4.39. The Kier molecular flexibility index (Phi) is 5.48. The molecule has 4 aromatic heterocycles. The molecule has 0 spiro atoms. The van der Waals surface area contributed by atoms with Gasteiger partial charge in [0.15, 0.2) is 17.1 Å². The van der Waals surface area contributed by atoms with Gasteiger partial charge in [0.2, 0.25) is 11.8 Å². The number of hydrogen-bond acceptors (Lipinski definition) is 8. The second-order valence-electron chi connectivity index (χ2n) is 8.92. The number of nitrogens with two attached hydrogens (primary N) is 1. The molecule has 1 aliphatic heterocycles. The molecule has 1 aromatic carbocycles. The maximum absolute atomic E-state index is 13.2. The van der Waals surface area contributed by atoms with Gasteiger partial charge in [-0.15, -0.1) is 5.10 Å². The maximum Gasteiger partial charge on any atom is 0.330 e. The van der Waals surface area contributed by atoms with Gasteiger partial charge in [-0.2, -0.15) is 9.50 Å². The average molecular weight is 506 g/mol. The lowest BCUT2D eigenvalue weighted by molar-refractivity contribution is 0.0633. The molecule has 13 heteroatoms. The van der Waals surface area contributed by atoms with Crippen LogP contribution in [0.25, 0.3) is 28.4 Å². The first-order chi connectivity index (χ1) is 17.9. The van der Waals surface area contributed by atoms with E-state index in [0.717, 1.165) is 0 Å². The van der Waals surface area contributed by atoms with Gasteiger partial charge in [-0.3, -0.25) is 18.8 Å². The van der Waals surface area contributed by atoms with Crippen LogP contribution in [0.5, 0.6) is 0 Å². The summed E-state index contributed by atoms with van der Waals surface area (Å²) in [4.78, 5) is 38.8. The summed E-state index contributed by atoms with van der Waals surface area (Å²) in [6.45, 7) is 3.38. The predicted octanol–water partition coefficient (Wildman–Crippen LogP) is 1.22. The monoisotopic (exact) mass is 505 g/mol. The lowest BCUT2D eigenvalue weighted by Gasteiger charge is -2.34. The third-order valence-corrected chi connectivity index (χ3v) is 6.71. The van der Waals surface area contributed by atoms with E-state index in [-0.39, 0.29) is 23.4 Å². The summed E-state index contributed by atoms with van der Waals surface area (Å²) in [6.07, 6.45) is 1.53. The number of anilines is 1. The Morgan fingerprint density at radius 1 is 1.05 bits per heavy atom. The third-order valence-electron chi connectivity index (χ3n) is 6.71. The van der Waals surface area contributed by atoms with Crippen molar-refractivity contribution in [3.8, 4) is 11.6 Å². The fraction of sp³-hybridized carbons (Fsp3) is 0.292. The Labute approximate surface area is 209 Å². The summed E-state index contributed by atoms with van der Waals surface area (Å²) in [5.74, 6) is 0.455. The minimum atomic E-state index is -0.371. The molecule has 6 rings (SSSR count). The number of rotatable bonds is 5. The lowest BCUT2D eigenvalue weighted by atomic mass is 10.2. The van der Waals surface area contributed by atoms with Crippen molar-refractivity contribution < 1.29 is 13.6 Å². The van der Waals surface area contributed by atoms with Crippen molar-refractivity contribution in [2.75, 3.05) is 38.5 Å². The molecule has 0 atom stereocenters. The average Bonchev–Trinajstić information content (AvgIpc) is 3.64. The second-order valence-corrected chi connectivity index (χ2v) is 8.92. The van der Waals surface area contributed by atoms with Crippen molar-refractivity contribution in [2.45, 2.75) is 6.54 Å². The van der Waals surface area contributed by atoms with Gasteiger partial charge in [0.05, 0.1) is 6.26 Å². The molecule has 12 nitrogen and oxygen atoms in total. The smallest absolute Gasteiger partial charge is 0.330 e. The first-order valence-corrected chi connectivity index (χ1v) is 11.8. The fourth-order valence-electron chi connectivity index (χ4n) is 4.69. The van der Waals surface area contributed by atoms with Gasteiger partial charge in [0.25, 0.3) is 5.91 Å². The summed E-state index contributed by atoms with van der Waals surface area (Å²) in [6, 6.07) is 9.06. The molecule has 1 fully saturated rings. The van der Waals surface area contributed by atoms with Gasteiger partial charge in [0, 0.05) is 51.9 Å². The molecule has 1 amide bonds.